The van der Waals surface area contributed by atoms with Crippen molar-refractivity contribution in [2.75, 3.05) is 13.6 Å². The van der Waals surface area contributed by atoms with Crippen molar-refractivity contribution in [3.63, 3.8) is 0 Å². The third-order valence-corrected chi connectivity index (χ3v) is 3.96. The molecule has 100 valence electrons. The molecule has 0 heterocycles. The highest BCUT2D eigenvalue weighted by Crippen LogP contribution is 2.27. The molecule has 1 amide bonds. The third-order valence-electron chi connectivity index (χ3n) is 3.96. The summed E-state index contributed by atoms with van der Waals surface area (Å²) < 4.78 is 0. The highest BCUT2D eigenvalue weighted by Gasteiger charge is 2.24. The zero-order valence-corrected chi connectivity index (χ0v) is 11.2. The van der Waals surface area contributed by atoms with Crippen molar-refractivity contribution in [3.8, 4) is 0 Å². The van der Waals surface area contributed by atoms with Crippen molar-refractivity contribution in [2.45, 2.75) is 57.9 Å². The van der Waals surface area contributed by atoms with Gasteiger partial charge in [-0.25, -0.2) is 5.84 Å². The number of unbranched alkanes of at least 4 members (excludes halogenated alkanes) is 1. The third kappa shape index (κ3) is 5.04. The van der Waals surface area contributed by atoms with Crippen molar-refractivity contribution in [1.82, 2.24) is 10.3 Å². The maximum Gasteiger partial charge on any atom is 0.233 e. The molecule has 17 heavy (non-hydrogen) atoms. The lowest BCUT2D eigenvalue weighted by Crippen LogP contribution is -2.39. The van der Waals surface area contributed by atoms with Crippen LogP contribution in [0.3, 0.4) is 0 Å². The van der Waals surface area contributed by atoms with Gasteiger partial charge in [0.1, 0.15) is 0 Å². The van der Waals surface area contributed by atoms with Crippen LogP contribution in [-0.2, 0) is 4.79 Å². The van der Waals surface area contributed by atoms with Gasteiger partial charge < -0.3 is 4.90 Å². The number of hydrogen-bond acceptors (Lipinski definition) is 3. The molecule has 1 saturated carbocycles. The second-order valence-corrected chi connectivity index (χ2v) is 5.33. The molecule has 0 saturated heterocycles. The number of hydrazine groups is 1. The standard InChI is InChI=1S/C13H27N3O/c1-11-7-3-4-8-12(11)16(2)10-6-5-9-13(17)15-14/h11-12H,3-10,14H2,1-2H3,(H,15,17). The molecule has 0 aromatic rings. The van der Waals surface area contributed by atoms with E-state index in [1.807, 2.05) is 0 Å². The molecule has 2 atom stereocenters. The predicted molar refractivity (Wildman–Crippen MR) is 70.2 cm³/mol. The van der Waals surface area contributed by atoms with Crippen LogP contribution in [0.15, 0.2) is 0 Å². The molecular weight excluding hydrogens is 214 g/mol. The van der Waals surface area contributed by atoms with E-state index in [1.54, 1.807) is 0 Å². The normalized spacial score (nSPS) is 24.9. The second-order valence-electron chi connectivity index (χ2n) is 5.33. The molecule has 3 N–H and O–H groups in total. The Morgan fingerprint density at radius 1 is 1.35 bits per heavy atom. The van der Waals surface area contributed by atoms with E-state index < -0.39 is 0 Å². The quantitative estimate of drug-likeness (QED) is 0.322. The maximum absolute atomic E-state index is 11.0. The molecule has 0 spiro atoms. The van der Waals surface area contributed by atoms with E-state index in [0.29, 0.717) is 6.42 Å². The van der Waals surface area contributed by atoms with Gasteiger partial charge in [0.15, 0.2) is 0 Å². The Morgan fingerprint density at radius 2 is 2.06 bits per heavy atom. The lowest BCUT2D eigenvalue weighted by atomic mass is 9.85. The molecule has 1 rings (SSSR count). The number of hydrogen-bond donors (Lipinski definition) is 2. The van der Waals surface area contributed by atoms with Crippen LogP contribution in [-0.4, -0.2) is 30.4 Å². The van der Waals surface area contributed by atoms with E-state index in [0.717, 1.165) is 31.3 Å². The number of nitrogens with two attached hydrogens (primary N) is 1. The minimum atomic E-state index is -0.0568. The van der Waals surface area contributed by atoms with E-state index in [1.165, 1.54) is 25.7 Å². The van der Waals surface area contributed by atoms with Gasteiger partial charge in [-0.15, -0.1) is 0 Å². The summed E-state index contributed by atoms with van der Waals surface area (Å²) in [5.74, 6) is 5.80. The van der Waals surface area contributed by atoms with Crippen LogP contribution in [0.25, 0.3) is 0 Å². The first kappa shape index (κ1) is 14.5. The molecule has 2 unspecified atom stereocenters. The molecule has 1 fully saturated rings. The van der Waals surface area contributed by atoms with Gasteiger partial charge in [-0.05, 0) is 45.2 Å². The fraction of sp³-hybridized carbons (Fsp3) is 0.923. The Balaban J connectivity index is 2.15. The van der Waals surface area contributed by atoms with Crippen molar-refractivity contribution in [2.24, 2.45) is 11.8 Å². The van der Waals surface area contributed by atoms with E-state index in [4.69, 9.17) is 5.84 Å². The van der Waals surface area contributed by atoms with E-state index in [9.17, 15) is 4.79 Å². The Kier molecular flexibility index (Phi) is 6.52. The Labute approximate surface area is 105 Å². The summed E-state index contributed by atoms with van der Waals surface area (Å²) >= 11 is 0. The van der Waals surface area contributed by atoms with Crippen LogP contribution >= 0.6 is 0 Å². The lowest BCUT2D eigenvalue weighted by molar-refractivity contribution is -0.121. The van der Waals surface area contributed by atoms with Crippen LogP contribution in [0.5, 0.6) is 0 Å². The average molecular weight is 241 g/mol. The molecular formula is C13H27N3O. The van der Waals surface area contributed by atoms with Crippen LogP contribution in [0.1, 0.15) is 51.9 Å². The first-order chi connectivity index (χ1) is 8.15. The fourth-order valence-electron chi connectivity index (χ4n) is 2.84. The minimum Gasteiger partial charge on any atom is -0.303 e. The number of rotatable bonds is 6. The molecule has 4 heteroatoms. The van der Waals surface area contributed by atoms with Crippen molar-refractivity contribution < 1.29 is 4.79 Å². The van der Waals surface area contributed by atoms with Crippen molar-refractivity contribution in [1.29, 1.82) is 0 Å². The van der Waals surface area contributed by atoms with Crippen molar-refractivity contribution >= 4 is 5.91 Å². The number of nitrogens with zero attached hydrogens (tertiary/aromatic N) is 1. The Bertz CT molecular complexity index is 233. The van der Waals surface area contributed by atoms with Gasteiger partial charge in [0.2, 0.25) is 5.91 Å². The molecule has 0 radical (unpaired) electrons. The van der Waals surface area contributed by atoms with Crippen LogP contribution in [0.4, 0.5) is 0 Å². The summed E-state index contributed by atoms with van der Waals surface area (Å²) in [5.41, 5.74) is 2.17. The monoisotopic (exact) mass is 241 g/mol. The first-order valence-electron chi connectivity index (χ1n) is 6.85. The van der Waals surface area contributed by atoms with E-state index in [2.05, 4.69) is 24.3 Å². The zero-order valence-electron chi connectivity index (χ0n) is 11.2. The van der Waals surface area contributed by atoms with Gasteiger partial charge in [0, 0.05) is 12.5 Å². The SMILES string of the molecule is CC1CCCCC1N(C)CCCCC(=O)NN. The van der Waals surface area contributed by atoms with Gasteiger partial charge in [0.25, 0.3) is 0 Å². The first-order valence-corrected chi connectivity index (χ1v) is 6.85. The van der Waals surface area contributed by atoms with Gasteiger partial charge in [-0.2, -0.15) is 0 Å². The highest BCUT2D eigenvalue weighted by molar-refractivity contribution is 5.75. The van der Waals surface area contributed by atoms with E-state index in [-0.39, 0.29) is 5.91 Å². The molecule has 4 nitrogen and oxygen atoms in total. The second kappa shape index (κ2) is 7.67. The minimum absolute atomic E-state index is 0.0568. The summed E-state index contributed by atoms with van der Waals surface area (Å²) in [6, 6.07) is 0.743. The van der Waals surface area contributed by atoms with Crippen LogP contribution in [0.2, 0.25) is 0 Å². The number of carbonyl (C=O) groups excluding carboxylic acids is 1. The van der Waals surface area contributed by atoms with Gasteiger partial charge in [0.05, 0.1) is 0 Å². The van der Waals surface area contributed by atoms with Crippen LogP contribution in [0, 0.1) is 5.92 Å². The maximum atomic E-state index is 11.0. The molecule has 0 aromatic carbocycles. The number of amides is 1. The fourth-order valence-corrected chi connectivity index (χ4v) is 2.84. The summed E-state index contributed by atoms with van der Waals surface area (Å²) in [6.45, 7) is 3.45. The van der Waals surface area contributed by atoms with Crippen LogP contribution < -0.4 is 11.3 Å². The number of carbonyl (C=O) groups is 1. The van der Waals surface area contributed by atoms with Gasteiger partial charge >= 0.3 is 0 Å². The summed E-state index contributed by atoms with van der Waals surface area (Å²) in [6.07, 6.45) is 8.01. The van der Waals surface area contributed by atoms with Gasteiger partial charge in [-0.1, -0.05) is 19.8 Å². The lowest BCUT2D eigenvalue weighted by Gasteiger charge is -2.36. The smallest absolute Gasteiger partial charge is 0.233 e. The Hall–Kier alpha value is -0.610. The number of nitrogens with one attached hydrogen (secondary N) is 1. The highest BCUT2D eigenvalue weighted by atomic mass is 16.2. The largest absolute Gasteiger partial charge is 0.303 e. The predicted octanol–water partition coefficient (Wildman–Crippen LogP) is 1.66. The zero-order chi connectivity index (χ0) is 12.7. The summed E-state index contributed by atoms with van der Waals surface area (Å²) in [4.78, 5) is 13.4. The van der Waals surface area contributed by atoms with Gasteiger partial charge in [-0.3, -0.25) is 10.2 Å². The molecule has 0 bridgehead atoms. The van der Waals surface area contributed by atoms with Crippen molar-refractivity contribution in [3.05, 3.63) is 0 Å². The molecule has 0 aromatic heterocycles. The summed E-state index contributed by atoms with van der Waals surface area (Å²) in [7, 11) is 2.22. The topological polar surface area (TPSA) is 58.4 Å². The summed E-state index contributed by atoms with van der Waals surface area (Å²) in [5, 5.41) is 0. The molecule has 1 aliphatic carbocycles. The molecule has 0 aliphatic heterocycles. The average Bonchev–Trinajstić information content (AvgIpc) is 2.34. The molecule has 1 aliphatic rings. The van der Waals surface area contributed by atoms with E-state index >= 15 is 0 Å². The Morgan fingerprint density at radius 3 is 2.71 bits per heavy atom.